The first-order chi connectivity index (χ1) is 10.1. The predicted octanol–water partition coefficient (Wildman–Crippen LogP) is 4.32. The fourth-order valence-corrected chi connectivity index (χ4v) is 2.44. The molecule has 0 spiro atoms. The lowest BCUT2D eigenvalue weighted by Crippen LogP contribution is -2.28. The summed E-state index contributed by atoms with van der Waals surface area (Å²) in [7, 11) is 0. The Labute approximate surface area is 131 Å². The van der Waals surface area contributed by atoms with Crippen molar-refractivity contribution in [3.05, 3.63) is 70.2 Å². The Kier molecular flexibility index (Phi) is 5.40. The van der Waals surface area contributed by atoms with Gasteiger partial charge in [-0.05, 0) is 36.1 Å². The zero-order valence-corrected chi connectivity index (χ0v) is 13.2. The molecule has 0 bridgehead atoms. The summed E-state index contributed by atoms with van der Waals surface area (Å²) in [5.74, 6) is -0.0184. The van der Waals surface area contributed by atoms with E-state index in [0.29, 0.717) is 11.4 Å². The molecule has 1 atom stereocenters. The van der Waals surface area contributed by atoms with E-state index in [2.05, 4.69) is 36.5 Å². The fourth-order valence-electron chi connectivity index (χ4n) is 2.23. The number of carbonyl (C=O) groups excluding carboxylic acids is 1. The molecule has 0 aliphatic heterocycles. The summed E-state index contributed by atoms with van der Waals surface area (Å²) < 4.78 is 0. The standard InChI is InChI=1S/C18H20ClNO/c1-3-14-8-10-15(11-9-14)13(2)20-18(21)12-16-6-4-5-7-17(16)19/h4-11,13H,3,12H2,1-2H3,(H,20,21)/t13-/m0/s1. The first kappa shape index (κ1) is 15.6. The number of amides is 1. The minimum Gasteiger partial charge on any atom is -0.349 e. The van der Waals surface area contributed by atoms with Gasteiger partial charge in [0.1, 0.15) is 0 Å². The molecule has 0 aromatic heterocycles. The third kappa shape index (κ3) is 4.33. The van der Waals surface area contributed by atoms with Gasteiger partial charge in [0.2, 0.25) is 5.91 Å². The van der Waals surface area contributed by atoms with Crippen LogP contribution in [-0.4, -0.2) is 5.91 Å². The Hall–Kier alpha value is -1.80. The predicted molar refractivity (Wildman–Crippen MR) is 87.5 cm³/mol. The van der Waals surface area contributed by atoms with Gasteiger partial charge in [-0.2, -0.15) is 0 Å². The maximum atomic E-state index is 12.1. The molecule has 21 heavy (non-hydrogen) atoms. The molecule has 2 nitrogen and oxygen atoms in total. The Balaban J connectivity index is 1.97. The van der Waals surface area contributed by atoms with E-state index in [-0.39, 0.29) is 11.9 Å². The molecule has 0 saturated heterocycles. The normalized spacial score (nSPS) is 12.0. The zero-order valence-electron chi connectivity index (χ0n) is 12.4. The fraction of sp³-hybridized carbons (Fsp3) is 0.278. The number of benzene rings is 2. The van der Waals surface area contributed by atoms with Crippen LogP contribution in [0.3, 0.4) is 0 Å². The summed E-state index contributed by atoms with van der Waals surface area (Å²) in [6, 6.07) is 15.8. The number of hydrogen-bond acceptors (Lipinski definition) is 1. The lowest BCUT2D eigenvalue weighted by Gasteiger charge is -2.15. The van der Waals surface area contributed by atoms with Crippen molar-refractivity contribution in [2.75, 3.05) is 0 Å². The molecule has 110 valence electrons. The van der Waals surface area contributed by atoms with Crippen LogP contribution in [-0.2, 0) is 17.6 Å². The lowest BCUT2D eigenvalue weighted by molar-refractivity contribution is -0.121. The molecule has 0 radical (unpaired) electrons. The van der Waals surface area contributed by atoms with Crippen LogP contribution in [0.5, 0.6) is 0 Å². The third-order valence-electron chi connectivity index (χ3n) is 3.57. The quantitative estimate of drug-likeness (QED) is 0.875. The minimum atomic E-state index is -0.0184. The van der Waals surface area contributed by atoms with Crippen molar-refractivity contribution in [3.63, 3.8) is 0 Å². The highest BCUT2D eigenvalue weighted by molar-refractivity contribution is 6.31. The Morgan fingerprint density at radius 1 is 1.14 bits per heavy atom. The van der Waals surface area contributed by atoms with Gasteiger partial charge in [0, 0.05) is 5.02 Å². The molecular weight excluding hydrogens is 282 g/mol. The van der Waals surface area contributed by atoms with Crippen LogP contribution in [0, 0.1) is 0 Å². The zero-order chi connectivity index (χ0) is 15.2. The van der Waals surface area contributed by atoms with E-state index in [9.17, 15) is 4.79 Å². The number of aryl methyl sites for hydroxylation is 1. The molecule has 0 saturated carbocycles. The minimum absolute atomic E-state index is 0.00843. The average molecular weight is 302 g/mol. The molecule has 1 amide bonds. The molecule has 0 aliphatic carbocycles. The van der Waals surface area contributed by atoms with Crippen molar-refractivity contribution in [2.45, 2.75) is 32.7 Å². The summed E-state index contributed by atoms with van der Waals surface area (Å²) in [6.07, 6.45) is 1.32. The summed E-state index contributed by atoms with van der Waals surface area (Å²) in [6.45, 7) is 4.12. The highest BCUT2D eigenvalue weighted by atomic mass is 35.5. The van der Waals surface area contributed by atoms with E-state index in [0.717, 1.165) is 17.5 Å². The average Bonchev–Trinajstić information content (AvgIpc) is 2.49. The van der Waals surface area contributed by atoms with Gasteiger partial charge < -0.3 is 5.32 Å². The molecule has 0 fully saturated rings. The molecular formula is C18H20ClNO. The van der Waals surface area contributed by atoms with Crippen molar-refractivity contribution < 1.29 is 4.79 Å². The number of hydrogen-bond donors (Lipinski definition) is 1. The molecule has 2 rings (SSSR count). The second kappa shape index (κ2) is 7.28. The highest BCUT2D eigenvalue weighted by Crippen LogP contribution is 2.17. The highest BCUT2D eigenvalue weighted by Gasteiger charge is 2.11. The van der Waals surface area contributed by atoms with Crippen molar-refractivity contribution in [1.29, 1.82) is 0 Å². The van der Waals surface area contributed by atoms with Gasteiger partial charge in [0.25, 0.3) is 0 Å². The van der Waals surface area contributed by atoms with Crippen molar-refractivity contribution >= 4 is 17.5 Å². The van der Waals surface area contributed by atoms with Crippen LogP contribution >= 0.6 is 11.6 Å². The van der Waals surface area contributed by atoms with Gasteiger partial charge >= 0.3 is 0 Å². The molecule has 2 aromatic carbocycles. The van der Waals surface area contributed by atoms with Gasteiger partial charge in [0.15, 0.2) is 0 Å². The topological polar surface area (TPSA) is 29.1 Å². The second-order valence-electron chi connectivity index (χ2n) is 5.15. The van der Waals surface area contributed by atoms with E-state index >= 15 is 0 Å². The number of carbonyl (C=O) groups is 1. The summed E-state index contributed by atoms with van der Waals surface area (Å²) >= 11 is 6.08. The molecule has 2 aromatic rings. The van der Waals surface area contributed by atoms with Crippen molar-refractivity contribution in [2.24, 2.45) is 0 Å². The van der Waals surface area contributed by atoms with Crippen LogP contribution in [0.15, 0.2) is 48.5 Å². The van der Waals surface area contributed by atoms with E-state index in [4.69, 9.17) is 11.6 Å². The van der Waals surface area contributed by atoms with Crippen molar-refractivity contribution in [1.82, 2.24) is 5.32 Å². The maximum Gasteiger partial charge on any atom is 0.224 e. The van der Waals surface area contributed by atoms with Crippen LogP contribution in [0.4, 0.5) is 0 Å². The Bertz CT molecular complexity index is 607. The number of nitrogens with one attached hydrogen (secondary N) is 1. The van der Waals surface area contributed by atoms with Gasteiger partial charge in [0.05, 0.1) is 12.5 Å². The van der Waals surface area contributed by atoms with E-state index in [1.165, 1.54) is 5.56 Å². The molecule has 1 N–H and O–H groups in total. The number of halogens is 1. The maximum absolute atomic E-state index is 12.1. The molecule has 0 unspecified atom stereocenters. The third-order valence-corrected chi connectivity index (χ3v) is 3.94. The first-order valence-corrected chi connectivity index (χ1v) is 7.59. The van der Waals surface area contributed by atoms with Gasteiger partial charge in [-0.25, -0.2) is 0 Å². The van der Waals surface area contributed by atoms with Gasteiger partial charge in [-0.15, -0.1) is 0 Å². The SMILES string of the molecule is CCc1ccc([C@H](C)NC(=O)Cc2ccccc2Cl)cc1. The van der Waals surface area contributed by atoms with E-state index in [1.807, 2.05) is 25.1 Å². The lowest BCUT2D eigenvalue weighted by atomic mass is 10.0. The number of rotatable bonds is 5. The van der Waals surface area contributed by atoms with Crippen LogP contribution < -0.4 is 5.32 Å². The van der Waals surface area contributed by atoms with Crippen molar-refractivity contribution in [3.8, 4) is 0 Å². The van der Waals surface area contributed by atoms with Crippen LogP contribution in [0.1, 0.15) is 36.6 Å². The summed E-state index contributed by atoms with van der Waals surface area (Å²) in [5.41, 5.74) is 3.26. The van der Waals surface area contributed by atoms with Crippen LogP contribution in [0.25, 0.3) is 0 Å². The Morgan fingerprint density at radius 2 is 1.81 bits per heavy atom. The van der Waals surface area contributed by atoms with Crippen LogP contribution in [0.2, 0.25) is 5.02 Å². The summed E-state index contributed by atoms with van der Waals surface area (Å²) in [4.78, 5) is 12.1. The van der Waals surface area contributed by atoms with E-state index in [1.54, 1.807) is 6.07 Å². The molecule has 3 heteroatoms. The largest absolute Gasteiger partial charge is 0.349 e. The van der Waals surface area contributed by atoms with Gasteiger partial charge in [-0.1, -0.05) is 61.0 Å². The smallest absolute Gasteiger partial charge is 0.224 e. The molecule has 0 aliphatic rings. The van der Waals surface area contributed by atoms with E-state index < -0.39 is 0 Å². The monoisotopic (exact) mass is 301 g/mol. The Morgan fingerprint density at radius 3 is 2.43 bits per heavy atom. The van der Waals surface area contributed by atoms with Gasteiger partial charge in [-0.3, -0.25) is 4.79 Å². The second-order valence-corrected chi connectivity index (χ2v) is 5.56. The summed E-state index contributed by atoms with van der Waals surface area (Å²) in [5, 5.41) is 3.64. The first-order valence-electron chi connectivity index (χ1n) is 7.21. The molecule has 0 heterocycles.